The van der Waals surface area contributed by atoms with Crippen molar-refractivity contribution in [2.24, 2.45) is 5.92 Å². The number of nitrogens with one attached hydrogen (secondary N) is 1. The summed E-state index contributed by atoms with van der Waals surface area (Å²) < 4.78 is 0. The van der Waals surface area contributed by atoms with Crippen molar-refractivity contribution in [3.8, 4) is 0 Å². The number of nitrogens with zero attached hydrogens (tertiary/aromatic N) is 1. The van der Waals surface area contributed by atoms with Crippen molar-refractivity contribution in [1.29, 1.82) is 0 Å². The van der Waals surface area contributed by atoms with Gasteiger partial charge in [-0.2, -0.15) is 0 Å². The minimum absolute atomic E-state index is 0.662. The second-order valence-electron chi connectivity index (χ2n) is 6.82. The quantitative estimate of drug-likeness (QED) is 0.890. The highest BCUT2D eigenvalue weighted by atomic mass is 15.2. The normalized spacial score (nSPS) is 28.1. The van der Waals surface area contributed by atoms with Gasteiger partial charge in [0, 0.05) is 18.6 Å². The van der Waals surface area contributed by atoms with Crippen molar-refractivity contribution in [1.82, 2.24) is 10.2 Å². The SMILES string of the molecule is CC(C)C1CN(C2CCc3ccccc3C2)CCCN1. The topological polar surface area (TPSA) is 15.3 Å². The summed E-state index contributed by atoms with van der Waals surface area (Å²) in [5.74, 6) is 0.728. The lowest BCUT2D eigenvalue weighted by atomic mass is 9.87. The van der Waals surface area contributed by atoms with Gasteiger partial charge in [0.05, 0.1) is 0 Å². The van der Waals surface area contributed by atoms with Gasteiger partial charge < -0.3 is 5.32 Å². The zero-order chi connectivity index (χ0) is 13.9. The van der Waals surface area contributed by atoms with E-state index < -0.39 is 0 Å². The molecule has 0 bridgehead atoms. The molecule has 0 amide bonds. The fourth-order valence-corrected chi connectivity index (χ4v) is 3.75. The third kappa shape index (κ3) is 3.07. The van der Waals surface area contributed by atoms with Crippen molar-refractivity contribution >= 4 is 0 Å². The molecule has 2 heteroatoms. The lowest BCUT2D eigenvalue weighted by Crippen LogP contribution is -2.46. The van der Waals surface area contributed by atoms with Crippen LogP contribution in [0.3, 0.4) is 0 Å². The number of aryl methyl sites for hydroxylation is 1. The van der Waals surface area contributed by atoms with Gasteiger partial charge in [0.15, 0.2) is 0 Å². The van der Waals surface area contributed by atoms with Crippen LogP contribution in [0.15, 0.2) is 24.3 Å². The fraction of sp³-hybridized carbons (Fsp3) is 0.667. The molecule has 0 saturated carbocycles. The Labute approximate surface area is 123 Å². The molecule has 1 saturated heterocycles. The zero-order valence-corrected chi connectivity index (χ0v) is 12.9. The summed E-state index contributed by atoms with van der Waals surface area (Å²) in [7, 11) is 0. The van der Waals surface area contributed by atoms with Crippen LogP contribution in [-0.4, -0.2) is 36.6 Å². The average molecular weight is 272 g/mol. The number of rotatable bonds is 2. The summed E-state index contributed by atoms with van der Waals surface area (Å²) in [6, 6.07) is 10.4. The summed E-state index contributed by atoms with van der Waals surface area (Å²) in [5.41, 5.74) is 3.17. The lowest BCUT2D eigenvalue weighted by molar-refractivity contribution is 0.166. The van der Waals surface area contributed by atoms with Crippen LogP contribution in [-0.2, 0) is 12.8 Å². The van der Waals surface area contributed by atoms with Gasteiger partial charge in [-0.05, 0) is 55.8 Å². The van der Waals surface area contributed by atoms with E-state index in [1.54, 1.807) is 11.1 Å². The molecule has 2 unspecified atom stereocenters. The van der Waals surface area contributed by atoms with Crippen LogP contribution in [0.5, 0.6) is 0 Å². The first kappa shape index (κ1) is 14.1. The first-order valence-corrected chi connectivity index (χ1v) is 8.28. The van der Waals surface area contributed by atoms with Gasteiger partial charge >= 0.3 is 0 Å². The molecule has 1 aromatic carbocycles. The van der Waals surface area contributed by atoms with Gasteiger partial charge in [0.2, 0.25) is 0 Å². The maximum absolute atomic E-state index is 3.73. The van der Waals surface area contributed by atoms with E-state index in [0.29, 0.717) is 6.04 Å². The van der Waals surface area contributed by atoms with E-state index in [1.165, 1.54) is 45.3 Å². The molecule has 0 aromatic heterocycles. The van der Waals surface area contributed by atoms with Crippen molar-refractivity contribution in [3.63, 3.8) is 0 Å². The van der Waals surface area contributed by atoms with Crippen LogP contribution in [0.2, 0.25) is 0 Å². The van der Waals surface area contributed by atoms with E-state index in [2.05, 4.69) is 48.3 Å². The Kier molecular flexibility index (Phi) is 4.42. The van der Waals surface area contributed by atoms with Crippen molar-refractivity contribution in [2.45, 2.75) is 51.6 Å². The smallest absolute Gasteiger partial charge is 0.0218 e. The fourth-order valence-electron chi connectivity index (χ4n) is 3.75. The highest BCUT2D eigenvalue weighted by Crippen LogP contribution is 2.25. The Morgan fingerprint density at radius 3 is 2.80 bits per heavy atom. The minimum atomic E-state index is 0.662. The Hall–Kier alpha value is -0.860. The van der Waals surface area contributed by atoms with E-state index in [0.717, 1.165) is 12.0 Å². The minimum Gasteiger partial charge on any atom is -0.312 e. The summed E-state index contributed by atoms with van der Waals surface area (Å²) in [4.78, 5) is 2.76. The van der Waals surface area contributed by atoms with Crippen LogP contribution in [0.1, 0.15) is 37.8 Å². The largest absolute Gasteiger partial charge is 0.312 e. The first-order valence-electron chi connectivity index (χ1n) is 8.28. The molecule has 1 aromatic rings. The maximum atomic E-state index is 3.73. The van der Waals surface area contributed by atoms with E-state index in [4.69, 9.17) is 0 Å². The zero-order valence-electron chi connectivity index (χ0n) is 12.9. The first-order chi connectivity index (χ1) is 9.74. The Bertz CT molecular complexity index is 441. The molecule has 1 fully saturated rings. The third-order valence-corrected chi connectivity index (χ3v) is 5.10. The van der Waals surface area contributed by atoms with E-state index in [9.17, 15) is 0 Å². The van der Waals surface area contributed by atoms with Gasteiger partial charge in [0.25, 0.3) is 0 Å². The van der Waals surface area contributed by atoms with Gasteiger partial charge in [-0.1, -0.05) is 38.1 Å². The third-order valence-electron chi connectivity index (χ3n) is 5.10. The summed E-state index contributed by atoms with van der Waals surface area (Å²) >= 11 is 0. The number of hydrogen-bond acceptors (Lipinski definition) is 2. The van der Waals surface area contributed by atoms with Crippen molar-refractivity contribution in [2.75, 3.05) is 19.6 Å². The van der Waals surface area contributed by atoms with Gasteiger partial charge in [0.1, 0.15) is 0 Å². The molecule has 0 radical (unpaired) electrons. The van der Waals surface area contributed by atoms with Crippen molar-refractivity contribution < 1.29 is 0 Å². The maximum Gasteiger partial charge on any atom is 0.0218 e. The Morgan fingerprint density at radius 2 is 2.00 bits per heavy atom. The second-order valence-corrected chi connectivity index (χ2v) is 6.82. The standard InChI is InChI=1S/C18H28N2/c1-14(2)18-13-20(11-5-10-19-18)17-9-8-15-6-3-4-7-16(15)12-17/h3-4,6-7,14,17-19H,5,8-13H2,1-2H3. The van der Waals surface area contributed by atoms with Crippen molar-refractivity contribution in [3.05, 3.63) is 35.4 Å². The molecule has 1 N–H and O–H groups in total. The molecule has 20 heavy (non-hydrogen) atoms. The molecule has 2 aliphatic rings. The molecule has 3 rings (SSSR count). The van der Waals surface area contributed by atoms with E-state index >= 15 is 0 Å². The summed E-state index contributed by atoms with van der Waals surface area (Å²) in [6.07, 6.45) is 5.14. The number of hydrogen-bond donors (Lipinski definition) is 1. The summed E-state index contributed by atoms with van der Waals surface area (Å²) in [6.45, 7) is 8.37. The number of benzene rings is 1. The van der Waals surface area contributed by atoms with Crippen LogP contribution < -0.4 is 5.32 Å². The Morgan fingerprint density at radius 1 is 1.20 bits per heavy atom. The Balaban J connectivity index is 1.70. The van der Waals surface area contributed by atoms with Gasteiger partial charge in [-0.15, -0.1) is 0 Å². The number of fused-ring (bicyclic) bond motifs is 1. The predicted octanol–water partition coefficient (Wildman–Crippen LogP) is 2.86. The van der Waals surface area contributed by atoms with E-state index in [-0.39, 0.29) is 0 Å². The van der Waals surface area contributed by atoms with Crippen LogP contribution in [0.25, 0.3) is 0 Å². The lowest BCUT2D eigenvalue weighted by Gasteiger charge is -2.36. The molecule has 2 nitrogen and oxygen atoms in total. The molecule has 2 atom stereocenters. The molecule has 110 valence electrons. The molecular formula is C18H28N2. The highest BCUT2D eigenvalue weighted by Gasteiger charge is 2.28. The molecular weight excluding hydrogens is 244 g/mol. The highest BCUT2D eigenvalue weighted by molar-refractivity contribution is 5.30. The molecule has 1 aliphatic carbocycles. The molecule has 0 spiro atoms. The van der Waals surface area contributed by atoms with Crippen LogP contribution in [0.4, 0.5) is 0 Å². The van der Waals surface area contributed by atoms with Gasteiger partial charge in [-0.25, -0.2) is 0 Å². The monoisotopic (exact) mass is 272 g/mol. The van der Waals surface area contributed by atoms with Crippen LogP contribution >= 0.6 is 0 Å². The second kappa shape index (κ2) is 6.28. The van der Waals surface area contributed by atoms with Gasteiger partial charge in [-0.3, -0.25) is 4.90 Å². The molecule has 1 aliphatic heterocycles. The molecule has 1 heterocycles. The summed E-state index contributed by atoms with van der Waals surface area (Å²) in [5, 5.41) is 3.73. The van der Waals surface area contributed by atoms with Crippen LogP contribution in [0, 0.1) is 5.92 Å². The average Bonchev–Trinajstić information content (AvgIpc) is 2.73. The predicted molar refractivity (Wildman–Crippen MR) is 85.1 cm³/mol. The van der Waals surface area contributed by atoms with E-state index in [1.807, 2.05) is 0 Å².